The van der Waals surface area contributed by atoms with E-state index in [2.05, 4.69) is 10.2 Å². The number of benzene rings is 1. The van der Waals surface area contributed by atoms with Crippen LogP contribution in [0, 0.1) is 6.57 Å². The zero-order chi connectivity index (χ0) is 17.1. The minimum atomic E-state index is -4.54. The first-order valence-corrected chi connectivity index (χ1v) is 6.52. The normalized spacial score (nSPS) is 13.2. The summed E-state index contributed by atoms with van der Waals surface area (Å²) in [6, 6.07) is 2.20. The Morgan fingerprint density at radius 3 is 2.36 bits per heavy atom. The van der Waals surface area contributed by atoms with Gasteiger partial charge in [0.25, 0.3) is 0 Å². The third kappa shape index (κ3) is 4.95. The average Bonchev–Trinajstić information content (AvgIpc) is 2.34. The minimum absolute atomic E-state index is 0.0763. The summed E-state index contributed by atoms with van der Waals surface area (Å²) in [7, 11) is 0. The van der Waals surface area contributed by atoms with E-state index in [1.807, 2.05) is 0 Å². The van der Waals surface area contributed by atoms with Gasteiger partial charge < -0.3 is 9.58 Å². The maximum atomic E-state index is 12.8. The molecule has 0 fully saturated rings. The number of nitrogens with one attached hydrogen (secondary N) is 1. The average molecular weight is 314 g/mol. The van der Waals surface area contributed by atoms with Crippen LogP contribution in [0.15, 0.2) is 18.2 Å². The Kier molecular flexibility index (Phi) is 5.07. The van der Waals surface area contributed by atoms with Gasteiger partial charge in [-0.25, -0.2) is 11.4 Å². The van der Waals surface area contributed by atoms with E-state index >= 15 is 0 Å². The predicted molar refractivity (Wildman–Crippen MR) is 76.3 cm³/mol. The molecule has 0 aromatic heterocycles. The maximum absolute atomic E-state index is 12.8. The molecule has 0 aliphatic carbocycles. The van der Waals surface area contributed by atoms with Gasteiger partial charge in [0, 0.05) is 6.92 Å². The highest BCUT2D eigenvalue weighted by Crippen LogP contribution is 2.35. The molecule has 1 aromatic carbocycles. The Morgan fingerprint density at radius 2 is 1.91 bits per heavy atom. The van der Waals surface area contributed by atoms with Gasteiger partial charge in [0.2, 0.25) is 6.04 Å². The van der Waals surface area contributed by atoms with Crippen LogP contribution in [0.25, 0.3) is 4.85 Å². The molecule has 1 aromatic rings. The maximum Gasteiger partial charge on any atom is 0.416 e. The van der Waals surface area contributed by atoms with Crippen LogP contribution in [-0.2, 0) is 10.9 Å². The van der Waals surface area contributed by atoms with Crippen LogP contribution in [0.5, 0.6) is 0 Å². The van der Waals surface area contributed by atoms with E-state index in [1.165, 1.54) is 13.0 Å². The van der Waals surface area contributed by atoms with Gasteiger partial charge in [0.15, 0.2) is 0 Å². The lowest BCUT2D eigenvalue weighted by molar-refractivity contribution is -0.137. The van der Waals surface area contributed by atoms with Gasteiger partial charge in [-0.15, -0.1) is 0 Å². The summed E-state index contributed by atoms with van der Waals surface area (Å²) in [4.78, 5) is 15.0. The highest BCUT2D eigenvalue weighted by Gasteiger charge is 2.32. The molecule has 0 aliphatic heterocycles. The summed E-state index contributed by atoms with van der Waals surface area (Å²) in [5.41, 5.74) is -1.46. The molecule has 4 nitrogen and oxygen atoms in total. The van der Waals surface area contributed by atoms with Crippen molar-refractivity contribution in [2.75, 3.05) is 5.32 Å². The monoisotopic (exact) mass is 314 g/mol. The molecule has 0 bridgehead atoms. The second-order valence-electron chi connectivity index (χ2n) is 5.73. The standard InChI is InChI=1S/C15H17F3N2O2/c1-9(19-5)11-7-6-10(15(16,17)18)8-12(11)20-13(21)22-14(2,3)4/h6-9H,1-4H3,(H,20,21). The largest absolute Gasteiger partial charge is 0.444 e. The highest BCUT2D eigenvalue weighted by atomic mass is 19.4. The van der Waals surface area contributed by atoms with E-state index in [0.29, 0.717) is 5.56 Å². The molecule has 0 aliphatic rings. The molecule has 22 heavy (non-hydrogen) atoms. The Morgan fingerprint density at radius 1 is 1.32 bits per heavy atom. The fraction of sp³-hybridized carbons (Fsp3) is 0.467. The van der Waals surface area contributed by atoms with Crippen molar-refractivity contribution in [3.05, 3.63) is 40.7 Å². The topological polar surface area (TPSA) is 42.7 Å². The van der Waals surface area contributed by atoms with Gasteiger partial charge in [-0.3, -0.25) is 5.32 Å². The van der Waals surface area contributed by atoms with Crippen LogP contribution >= 0.6 is 0 Å². The van der Waals surface area contributed by atoms with Crippen molar-refractivity contribution in [1.29, 1.82) is 0 Å². The van der Waals surface area contributed by atoms with E-state index in [9.17, 15) is 18.0 Å². The number of amides is 1. The molecule has 1 unspecified atom stereocenters. The number of ether oxygens (including phenoxy) is 1. The number of carbonyl (C=O) groups excluding carboxylic acids is 1. The molecule has 1 amide bonds. The molecule has 0 saturated carbocycles. The first-order chi connectivity index (χ1) is 9.94. The molecule has 0 spiro atoms. The van der Waals surface area contributed by atoms with Gasteiger partial charge >= 0.3 is 12.3 Å². The van der Waals surface area contributed by atoms with Gasteiger partial charge in [-0.1, -0.05) is 0 Å². The van der Waals surface area contributed by atoms with Crippen molar-refractivity contribution >= 4 is 11.8 Å². The van der Waals surface area contributed by atoms with Crippen molar-refractivity contribution in [3.8, 4) is 0 Å². The quantitative estimate of drug-likeness (QED) is 0.778. The Labute approximate surface area is 127 Å². The number of alkyl halides is 3. The zero-order valence-corrected chi connectivity index (χ0v) is 12.7. The van der Waals surface area contributed by atoms with Gasteiger partial charge in [0.1, 0.15) is 5.60 Å². The summed E-state index contributed by atoms with van der Waals surface area (Å²) in [6.45, 7) is 13.5. The van der Waals surface area contributed by atoms with Crippen LogP contribution in [0.1, 0.15) is 44.9 Å². The highest BCUT2D eigenvalue weighted by molar-refractivity contribution is 5.86. The van der Waals surface area contributed by atoms with Crippen LogP contribution in [0.4, 0.5) is 23.7 Å². The Balaban J connectivity index is 3.18. The fourth-order valence-electron chi connectivity index (χ4n) is 1.69. The van der Waals surface area contributed by atoms with Crippen molar-refractivity contribution in [1.82, 2.24) is 0 Å². The third-order valence-corrected chi connectivity index (χ3v) is 2.66. The van der Waals surface area contributed by atoms with Crippen molar-refractivity contribution in [3.63, 3.8) is 0 Å². The number of hydrogen-bond donors (Lipinski definition) is 1. The SMILES string of the molecule is [C-]#[N+]C(C)c1ccc(C(F)(F)F)cc1NC(=O)OC(C)(C)C. The predicted octanol–water partition coefficient (Wildman–Crippen LogP) is 5.03. The third-order valence-electron chi connectivity index (χ3n) is 2.66. The summed E-state index contributed by atoms with van der Waals surface area (Å²) < 4.78 is 43.4. The summed E-state index contributed by atoms with van der Waals surface area (Å²) in [5.74, 6) is 0. The van der Waals surface area contributed by atoms with Crippen LogP contribution in [0.3, 0.4) is 0 Å². The minimum Gasteiger partial charge on any atom is -0.444 e. The first kappa shape index (κ1) is 17.8. The molecule has 1 atom stereocenters. The molecule has 1 rings (SSSR count). The smallest absolute Gasteiger partial charge is 0.416 e. The van der Waals surface area contributed by atoms with E-state index < -0.39 is 29.5 Å². The Hall–Kier alpha value is -2.23. The molecule has 7 heteroatoms. The van der Waals surface area contributed by atoms with E-state index in [4.69, 9.17) is 11.3 Å². The number of anilines is 1. The van der Waals surface area contributed by atoms with Gasteiger partial charge in [-0.05, 0) is 39.0 Å². The molecule has 0 saturated heterocycles. The second kappa shape index (κ2) is 6.26. The van der Waals surface area contributed by atoms with E-state index in [0.717, 1.165) is 12.1 Å². The molecule has 0 radical (unpaired) electrons. The fourth-order valence-corrected chi connectivity index (χ4v) is 1.69. The first-order valence-electron chi connectivity index (χ1n) is 6.52. The molecule has 0 heterocycles. The van der Waals surface area contributed by atoms with E-state index in [-0.39, 0.29) is 5.69 Å². The number of hydrogen-bond acceptors (Lipinski definition) is 2. The van der Waals surface area contributed by atoms with E-state index in [1.54, 1.807) is 20.8 Å². The summed E-state index contributed by atoms with van der Waals surface area (Å²) in [5, 5.41) is 2.29. The Bertz CT molecular complexity index is 598. The zero-order valence-electron chi connectivity index (χ0n) is 12.7. The lowest BCUT2D eigenvalue weighted by atomic mass is 10.0. The lowest BCUT2D eigenvalue weighted by Crippen LogP contribution is -2.27. The lowest BCUT2D eigenvalue weighted by Gasteiger charge is -2.21. The van der Waals surface area contributed by atoms with Gasteiger partial charge in [-0.2, -0.15) is 13.2 Å². The number of nitrogens with zero attached hydrogens (tertiary/aromatic N) is 1. The van der Waals surface area contributed by atoms with Crippen LogP contribution in [-0.4, -0.2) is 11.7 Å². The van der Waals surface area contributed by atoms with Crippen LogP contribution in [0.2, 0.25) is 0 Å². The number of halogens is 3. The number of carbonyl (C=O) groups is 1. The molecular formula is C15H17F3N2O2. The van der Waals surface area contributed by atoms with Crippen molar-refractivity contribution in [2.24, 2.45) is 0 Å². The molecule has 120 valence electrons. The molecule has 1 N–H and O–H groups in total. The summed E-state index contributed by atoms with van der Waals surface area (Å²) in [6.07, 6.45) is -5.41. The summed E-state index contributed by atoms with van der Waals surface area (Å²) >= 11 is 0. The van der Waals surface area contributed by atoms with Crippen molar-refractivity contribution in [2.45, 2.75) is 45.5 Å². The van der Waals surface area contributed by atoms with Gasteiger partial charge in [0.05, 0.1) is 16.8 Å². The molecular weight excluding hydrogens is 297 g/mol. The second-order valence-corrected chi connectivity index (χ2v) is 5.73. The van der Waals surface area contributed by atoms with Crippen molar-refractivity contribution < 1.29 is 22.7 Å². The van der Waals surface area contributed by atoms with Crippen LogP contribution < -0.4 is 5.32 Å². The number of rotatable bonds is 2.